The Hall–Kier alpha value is -2.70. The summed E-state index contributed by atoms with van der Waals surface area (Å²) in [4.78, 5) is 22.1. The average molecular weight is 276 g/mol. The Morgan fingerprint density at radius 1 is 1.40 bits per heavy atom. The van der Waals surface area contributed by atoms with Crippen molar-refractivity contribution in [1.29, 1.82) is 0 Å². The third kappa shape index (κ3) is 2.66. The van der Waals surface area contributed by atoms with Crippen LogP contribution in [-0.4, -0.2) is 16.0 Å². The topological polar surface area (TPSA) is 95.5 Å². The van der Waals surface area contributed by atoms with Crippen LogP contribution in [0.1, 0.15) is 27.4 Å². The maximum absolute atomic E-state index is 11.9. The fourth-order valence-corrected chi connectivity index (χ4v) is 1.73. The molecule has 2 rings (SSSR count). The molecule has 0 amide bonds. The number of hydrogen-bond donors (Lipinski definition) is 0. The molecule has 0 aliphatic heterocycles. The van der Waals surface area contributed by atoms with Crippen molar-refractivity contribution >= 4 is 11.7 Å². The van der Waals surface area contributed by atoms with E-state index in [-0.39, 0.29) is 17.9 Å². The van der Waals surface area contributed by atoms with E-state index < -0.39 is 10.9 Å². The first-order valence-corrected chi connectivity index (χ1v) is 5.83. The average Bonchev–Trinajstić information content (AvgIpc) is 2.75. The van der Waals surface area contributed by atoms with Crippen molar-refractivity contribution in [3.05, 3.63) is 57.0 Å². The number of hydrogen-bond acceptors (Lipinski definition) is 6. The lowest BCUT2D eigenvalue weighted by Crippen LogP contribution is -2.08. The van der Waals surface area contributed by atoms with Crippen molar-refractivity contribution in [2.45, 2.75) is 20.5 Å². The summed E-state index contributed by atoms with van der Waals surface area (Å²) < 4.78 is 10.0. The van der Waals surface area contributed by atoms with Crippen LogP contribution >= 0.6 is 0 Å². The van der Waals surface area contributed by atoms with Gasteiger partial charge in [0.25, 0.3) is 5.69 Å². The van der Waals surface area contributed by atoms with E-state index in [1.807, 2.05) is 0 Å². The molecule has 0 aliphatic rings. The van der Waals surface area contributed by atoms with E-state index in [0.717, 1.165) is 0 Å². The third-order valence-corrected chi connectivity index (χ3v) is 2.85. The van der Waals surface area contributed by atoms with Gasteiger partial charge in [-0.25, -0.2) is 4.79 Å². The molecule has 0 atom stereocenters. The van der Waals surface area contributed by atoms with Crippen LogP contribution in [0.15, 0.2) is 28.8 Å². The third-order valence-electron chi connectivity index (χ3n) is 2.85. The smallest absolute Gasteiger partial charge is 0.345 e. The number of aryl methyl sites for hydroxylation is 2. The van der Waals surface area contributed by atoms with E-state index in [9.17, 15) is 14.9 Å². The van der Waals surface area contributed by atoms with E-state index in [4.69, 9.17) is 9.26 Å². The molecule has 2 aromatic rings. The minimum Gasteiger partial charge on any atom is -0.457 e. The van der Waals surface area contributed by atoms with Gasteiger partial charge in [-0.1, -0.05) is 17.3 Å². The number of nitrogens with zero attached hydrogens (tertiary/aromatic N) is 2. The monoisotopic (exact) mass is 276 g/mol. The van der Waals surface area contributed by atoms with Crippen LogP contribution in [-0.2, 0) is 11.3 Å². The first-order valence-electron chi connectivity index (χ1n) is 5.83. The molecule has 1 aromatic heterocycles. The van der Waals surface area contributed by atoms with Crippen molar-refractivity contribution in [3.8, 4) is 0 Å². The number of rotatable bonds is 4. The van der Waals surface area contributed by atoms with Crippen LogP contribution in [0, 0.1) is 24.0 Å². The van der Waals surface area contributed by atoms with Gasteiger partial charge in [0.05, 0.1) is 16.2 Å². The molecule has 7 heteroatoms. The van der Waals surface area contributed by atoms with Gasteiger partial charge in [-0.15, -0.1) is 0 Å². The minimum absolute atomic E-state index is 0.0357. The molecule has 0 radical (unpaired) electrons. The summed E-state index contributed by atoms with van der Waals surface area (Å²) in [6.07, 6.45) is 0. The molecule has 7 nitrogen and oxygen atoms in total. The molecular weight excluding hydrogens is 264 g/mol. The Labute approximate surface area is 114 Å². The first kappa shape index (κ1) is 13.7. The van der Waals surface area contributed by atoms with Crippen LogP contribution in [0.3, 0.4) is 0 Å². The fourth-order valence-electron chi connectivity index (χ4n) is 1.73. The highest BCUT2D eigenvalue weighted by Gasteiger charge is 2.21. The zero-order chi connectivity index (χ0) is 14.7. The van der Waals surface area contributed by atoms with E-state index in [2.05, 4.69) is 5.16 Å². The van der Waals surface area contributed by atoms with E-state index in [1.165, 1.54) is 18.2 Å². The van der Waals surface area contributed by atoms with Gasteiger partial charge in [0.15, 0.2) is 0 Å². The summed E-state index contributed by atoms with van der Waals surface area (Å²) in [5.41, 5.74) is 0.926. The van der Waals surface area contributed by atoms with Crippen LogP contribution < -0.4 is 0 Å². The summed E-state index contributed by atoms with van der Waals surface area (Å²) in [6.45, 7) is 3.39. The predicted octanol–water partition coefficient (Wildman–Crippen LogP) is 2.56. The maximum Gasteiger partial charge on any atom is 0.345 e. The Balaban J connectivity index is 2.16. The zero-order valence-corrected chi connectivity index (χ0v) is 11.0. The molecule has 0 N–H and O–H groups in total. The highest BCUT2D eigenvalue weighted by molar-refractivity contribution is 5.93. The minimum atomic E-state index is -0.752. The highest BCUT2D eigenvalue weighted by atomic mass is 16.6. The van der Waals surface area contributed by atoms with Crippen molar-refractivity contribution in [2.24, 2.45) is 0 Å². The van der Waals surface area contributed by atoms with Gasteiger partial charge in [0.2, 0.25) is 0 Å². The normalized spacial score (nSPS) is 10.3. The van der Waals surface area contributed by atoms with Gasteiger partial charge in [0, 0.05) is 6.07 Å². The molecule has 104 valence electrons. The lowest BCUT2D eigenvalue weighted by Gasteiger charge is -2.04. The summed E-state index contributed by atoms with van der Waals surface area (Å²) in [5.74, 6) is -0.199. The Kier molecular flexibility index (Phi) is 3.79. The summed E-state index contributed by atoms with van der Waals surface area (Å²) in [5, 5.41) is 14.6. The van der Waals surface area contributed by atoms with Crippen molar-refractivity contribution in [1.82, 2.24) is 5.16 Å². The van der Waals surface area contributed by atoms with Gasteiger partial charge in [-0.2, -0.15) is 0 Å². The van der Waals surface area contributed by atoms with Gasteiger partial charge >= 0.3 is 5.97 Å². The lowest BCUT2D eigenvalue weighted by atomic mass is 10.2. The Morgan fingerprint density at radius 2 is 2.10 bits per heavy atom. The second-order valence-corrected chi connectivity index (χ2v) is 4.15. The van der Waals surface area contributed by atoms with Gasteiger partial charge in [0.1, 0.15) is 17.9 Å². The van der Waals surface area contributed by atoms with Crippen LogP contribution in [0.4, 0.5) is 5.69 Å². The molecule has 1 heterocycles. The molecule has 20 heavy (non-hydrogen) atoms. The quantitative estimate of drug-likeness (QED) is 0.483. The lowest BCUT2D eigenvalue weighted by molar-refractivity contribution is -0.385. The fraction of sp³-hybridized carbons (Fsp3) is 0.231. The maximum atomic E-state index is 11.9. The summed E-state index contributed by atoms with van der Waals surface area (Å²) >= 11 is 0. The molecular formula is C13H12N2O5. The van der Waals surface area contributed by atoms with E-state index in [1.54, 1.807) is 19.9 Å². The van der Waals surface area contributed by atoms with Crippen molar-refractivity contribution in [3.63, 3.8) is 0 Å². The number of para-hydroxylation sites is 1. The van der Waals surface area contributed by atoms with Gasteiger partial charge in [-0.3, -0.25) is 10.1 Å². The predicted molar refractivity (Wildman–Crippen MR) is 68.2 cm³/mol. The SMILES string of the molecule is Cc1noc(C)c1COC(=O)c1ccccc1[N+](=O)[O-]. The molecule has 0 spiro atoms. The molecule has 0 saturated heterocycles. The Morgan fingerprint density at radius 3 is 2.70 bits per heavy atom. The molecule has 0 aliphatic carbocycles. The van der Waals surface area contributed by atoms with Gasteiger partial charge in [-0.05, 0) is 19.9 Å². The number of ether oxygens (including phenoxy) is 1. The highest BCUT2D eigenvalue weighted by Crippen LogP contribution is 2.20. The number of aromatic nitrogens is 1. The zero-order valence-electron chi connectivity index (χ0n) is 11.0. The largest absolute Gasteiger partial charge is 0.457 e. The molecule has 0 bridgehead atoms. The summed E-state index contributed by atoms with van der Waals surface area (Å²) in [7, 11) is 0. The van der Waals surface area contributed by atoms with Crippen LogP contribution in [0.25, 0.3) is 0 Å². The number of benzene rings is 1. The second-order valence-electron chi connectivity index (χ2n) is 4.15. The molecule has 0 unspecified atom stereocenters. The van der Waals surface area contributed by atoms with Crippen molar-refractivity contribution < 1.29 is 19.0 Å². The van der Waals surface area contributed by atoms with Crippen molar-refractivity contribution in [2.75, 3.05) is 0 Å². The van der Waals surface area contributed by atoms with Crippen LogP contribution in [0.2, 0.25) is 0 Å². The number of nitro benzene ring substituents is 1. The van der Waals surface area contributed by atoms with Gasteiger partial charge < -0.3 is 9.26 Å². The van der Waals surface area contributed by atoms with E-state index >= 15 is 0 Å². The molecule has 1 aromatic carbocycles. The first-order chi connectivity index (χ1) is 9.50. The molecule has 0 fully saturated rings. The molecule has 0 saturated carbocycles. The summed E-state index contributed by atoms with van der Waals surface area (Å²) in [6, 6.07) is 5.64. The second kappa shape index (κ2) is 5.52. The number of carbonyl (C=O) groups is 1. The number of carbonyl (C=O) groups excluding carboxylic acids is 1. The Bertz CT molecular complexity index is 643. The van der Waals surface area contributed by atoms with E-state index in [0.29, 0.717) is 17.0 Å². The van der Waals surface area contributed by atoms with Crippen LogP contribution in [0.5, 0.6) is 0 Å². The standard InChI is InChI=1S/C13H12N2O5/c1-8-11(9(2)20-14-8)7-19-13(16)10-5-3-4-6-12(10)15(17)18/h3-6H,7H2,1-2H3. The number of esters is 1. The number of nitro groups is 1.